The van der Waals surface area contributed by atoms with Crippen molar-refractivity contribution in [3.63, 3.8) is 0 Å². The van der Waals surface area contributed by atoms with Gasteiger partial charge in [-0.3, -0.25) is 0 Å². The lowest BCUT2D eigenvalue weighted by Gasteiger charge is -2.22. The molecule has 1 heterocycles. The molecule has 1 aliphatic rings. The van der Waals surface area contributed by atoms with Crippen LogP contribution in [0.4, 0.5) is 0 Å². The Hall–Kier alpha value is -1.79. The number of ether oxygens (including phenoxy) is 3. The van der Waals surface area contributed by atoms with E-state index < -0.39 is 0 Å². The summed E-state index contributed by atoms with van der Waals surface area (Å²) in [5.41, 5.74) is 0.974. The highest BCUT2D eigenvalue weighted by atomic mass is 32.1. The van der Waals surface area contributed by atoms with Gasteiger partial charge in [0.25, 0.3) is 0 Å². The van der Waals surface area contributed by atoms with Crippen molar-refractivity contribution in [2.24, 2.45) is 0 Å². The van der Waals surface area contributed by atoms with Gasteiger partial charge < -0.3 is 19.5 Å². The van der Waals surface area contributed by atoms with Gasteiger partial charge in [0.15, 0.2) is 11.5 Å². The largest absolute Gasteiger partial charge is 0.493 e. The molecule has 0 unspecified atom stereocenters. The Labute approximate surface area is 153 Å². The van der Waals surface area contributed by atoms with E-state index in [9.17, 15) is 0 Å². The fourth-order valence-corrected chi connectivity index (χ4v) is 4.24. The smallest absolute Gasteiger partial charge is 0.203 e. The van der Waals surface area contributed by atoms with Crippen LogP contribution in [0.2, 0.25) is 0 Å². The Balaban J connectivity index is 1.77. The summed E-state index contributed by atoms with van der Waals surface area (Å²) in [5.74, 6) is 1.95. The zero-order valence-electron chi connectivity index (χ0n) is 15.1. The number of aromatic nitrogens is 1. The first-order valence-electron chi connectivity index (χ1n) is 8.74. The maximum absolute atomic E-state index is 5.59. The number of benzene rings is 1. The zero-order valence-corrected chi connectivity index (χ0v) is 15.9. The Kier molecular flexibility index (Phi) is 6.15. The molecule has 3 rings (SSSR count). The van der Waals surface area contributed by atoms with Crippen molar-refractivity contribution in [2.45, 2.75) is 44.7 Å². The van der Waals surface area contributed by atoms with E-state index in [1.54, 1.807) is 32.7 Å². The molecule has 1 aliphatic carbocycles. The molecule has 5 nitrogen and oxygen atoms in total. The van der Waals surface area contributed by atoms with Crippen molar-refractivity contribution >= 4 is 11.3 Å². The first kappa shape index (κ1) is 18.0. The molecule has 0 bridgehead atoms. The molecule has 0 atom stereocenters. The van der Waals surface area contributed by atoms with Crippen LogP contribution in [0.1, 0.15) is 37.1 Å². The summed E-state index contributed by atoms with van der Waals surface area (Å²) in [6, 6.07) is 4.53. The molecule has 1 N–H and O–H groups in total. The number of hydrogen-bond donors (Lipinski definition) is 1. The summed E-state index contributed by atoms with van der Waals surface area (Å²) < 4.78 is 16.4. The number of methoxy groups -OCH3 is 3. The molecule has 136 valence electrons. The van der Waals surface area contributed by atoms with Crippen molar-refractivity contribution < 1.29 is 14.2 Å². The van der Waals surface area contributed by atoms with Crippen molar-refractivity contribution in [1.29, 1.82) is 0 Å². The van der Waals surface area contributed by atoms with Crippen molar-refractivity contribution in [2.75, 3.05) is 21.3 Å². The molecule has 0 spiro atoms. The predicted molar refractivity (Wildman–Crippen MR) is 101 cm³/mol. The van der Waals surface area contributed by atoms with E-state index in [4.69, 9.17) is 14.2 Å². The minimum Gasteiger partial charge on any atom is -0.493 e. The van der Waals surface area contributed by atoms with E-state index >= 15 is 0 Å². The third kappa shape index (κ3) is 4.07. The van der Waals surface area contributed by atoms with Gasteiger partial charge in [0.05, 0.1) is 26.2 Å². The van der Waals surface area contributed by atoms with Gasteiger partial charge >= 0.3 is 0 Å². The summed E-state index contributed by atoms with van der Waals surface area (Å²) in [5, 5.41) is 4.74. The van der Waals surface area contributed by atoms with Crippen LogP contribution >= 0.6 is 11.3 Å². The first-order chi connectivity index (χ1) is 12.3. The quantitative estimate of drug-likeness (QED) is 0.798. The van der Waals surface area contributed by atoms with E-state index in [0.29, 0.717) is 23.3 Å². The van der Waals surface area contributed by atoms with Crippen LogP contribution in [0.5, 0.6) is 17.2 Å². The van der Waals surface area contributed by atoms with Crippen LogP contribution in [-0.2, 0) is 6.54 Å². The summed E-state index contributed by atoms with van der Waals surface area (Å²) in [6.07, 6.45) is 8.52. The van der Waals surface area contributed by atoms with Crippen LogP contribution in [0.15, 0.2) is 18.3 Å². The number of thiazole rings is 1. The Morgan fingerprint density at radius 3 is 2.48 bits per heavy atom. The van der Waals surface area contributed by atoms with Crippen LogP contribution in [0, 0.1) is 0 Å². The lowest BCUT2D eigenvalue weighted by Crippen LogP contribution is -2.30. The second-order valence-electron chi connectivity index (χ2n) is 6.22. The fraction of sp³-hybridized carbons (Fsp3) is 0.526. The third-order valence-electron chi connectivity index (χ3n) is 4.67. The minimum absolute atomic E-state index is 0.609. The molecule has 6 heteroatoms. The highest BCUT2D eigenvalue weighted by Gasteiger charge is 2.19. The second kappa shape index (κ2) is 8.54. The standard InChI is InChI=1S/C19H26N2O3S/c1-22-15-10-9-14(18(23-2)19(15)24-3)16-11-21-17(25-16)12-20-13-7-5-4-6-8-13/h9-11,13,20H,4-8,12H2,1-3H3. The normalized spacial score (nSPS) is 15.2. The lowest BCUT2D eigenvalue weighted by atomic mass is 9.96. The Bertz CT molecular complexity index is 696. The maximum Gasteiger partial charge on any atom is 0.203 e. The van der Waals surface area contributed by atoms with Crippen LogP contribution < -0.4 is 19.5 Å². The monoisotopic (exact) mass is 362 g/mol. The molecule has 1 aromatic heterocycles. The first-order valence-corrected chi connectivity index (χ1v) is 9.56. The van der Waals surface area contributed by atoms with Gasteiger partial charge in [-0.25, -0.2) is 4.98 Å². The molecule has 0 amide bonds. The van der Waals surface area contributed by atoms with Gasteiger partial charge in [-0.1, -0.05) is 19.3 Å². The SMILES string of the molecule is COc1ccc(-c2cnc(CNC3CCCCC3)s2)c(OC)c1OC. The van der Waals surface area contributed by atoms with Crippen molar-refractivity contribution in [1.82, 2.24) is 10.3 Å². The lowest BCUT2D eigenvalue weighted by molar-refractivity contribution is 0.325. The van der Waals surface area contributed by atoms with E-state index in [0.717, 1.165) is 22.0 Å². The zero-order chi connectivity index (χ0) is 17.6. The summed E-state index contributed by atoms with van der Waals surface area (Å²) in [4.78, 5) is 5.65. The topological polar surface area (TPSA) is 52.6 Å². The number of nitrogens with zero attached hydrogens (tertiary/aromatic N) is 1. The van der Waals surface area contributed by atoms with Gasteiger partial charge in [0.1, 0.15) is 5.01 Å². The van der Waals surface area contributed by atoms with Gasteiger partial charge in [-0.05, 0) is 25.0 Å². The van der Waals surface area contributed by atoms with Gasteiger partial charge in [0.2, 0.25) is 5.75 Å². The summed E-state index contributed by atoms with van der Waals surface area (Å²) >= 11 is 1.69. The number of rotatable bonds is 7. The maximum atomic E-state index is 5.59. The highest BCUT2D eigenvalue weighted by molar-refractivity contribution is 7.15. The third-order valence-corrected chi connectivity index (χ3v) is 5.70. The molecule has 2 aromatic rings. The van der Waals surface area contributed by atoms with E-state index in [1.165, 1.54) is 32.1 Å². The van der Waals surface area contributed by atoms with Gasteiger partial charge in [-0.2, -0.15) is 0 Å². The van der Waals surface area contributed by atoms with Crippen LogP contribution in [0.3, 0.4) is 0 Å². The minimum atomic E-state index is 0.609. The highest BCUT2D eigenvalue weighted by Crippen LogP contribution is 2.45. The molecule has 1 fully saturated rings. The molecule has 0 radical (unpaired) electrons. The molecule has 0 aliphatic heterocycles. The van der Waals surface area contributed by atoms with Gasteiger partial charge in [-0.15, -0.1) is 11.3 Å². The van der Waals surface area contributed by atoms with E-state index in [2.05, 4.69) is 10.3 Å². The molecular weight excluding hydrogens is 336 g/mol. The van der Waals surface area contributed by atoms with Crippen LogP contribution in [0.25, 0.3) is 10.4 Å². The number of hydrogen-bond acceptors (Lipinski definition) is 6. The number of nitrogens with one attached hydrogen (secondary N) is 1. The van der Waals surface area contributed by atoms with Crippen molar-refractivity contribution in [3.8, 4) is 27.7 Å². The van der Waals surface area contributed by atoms with Crippen LogP contribution in [-0.4, -0.2) is 32.4 Å². The molecule has 1 saturated carbocycles. The molecular formula is C19H26N2O3S. The molecule has 1 aromatic carbocycles. The fourth-order valence-electron chi connectivity index (χ4n) is 3.35. The Morgan fingerprint density at radius 2 is 1.80 bits per heavy atom. The second-order valence-corrected chi connectivity index (χ2v) is 7.33. The average Bonchev–Trinajstić information content (AvgIpc) is 3.14. The predicted octanol–water partition coefficient (Wildman–Crippen LogP) is 4.26. The molecule has 25 heavy (non-hydrogen) atoms. The Morgan fingerprint density at radius 1 is 1.04 bits per heavy atom. The van der Waals surface area contributed by atoms with Gasteiger partial charge in [0, 0.05) is 24.3 Å². The average molecular weight is 362 g/mol. The van der Waals surface area contributed by atoms with E-state index in [1.807, 2.05) is 18.3 Å². The van der Waals surface area contributed by atoms with Crippen molar-refractivity contribution in [3.05, 3.63) is 23.3 Å². The summed E-state index contributed by atoms with van der Waals surface area (Å²) in [7, 11) is 4.89. The molecule has 0 saturated heterocycles. The van der Waals surface area contributed by atoms with E-state index in [-0.39, 0.29) is 0 Å². The summed E-state index contributed by atoms with van der Waals surface area (Å²) in [6.45, 7) is 0.824.